The maximum absolute atomic E-state index is 13.4. The summed E-state index contributed by atoms with van der Waals surface area (Å²) in [7, 11) is 0. The highest BCUT2D eigenvalue weighted by Crippen LogP contribution is 2.30. The Morgan fingerprint density at radius 3 is 2.14 bits per heavy atom. The van der Waals surface area contributed by atoms with Crippen LogP contribution < -0.4 is 33.9 Å². The van der Waals surface area contributed by atoms with E-state index in [-0.39, 0.29) is 35.5 Å². The van der Waals surface area contributed by atoms with E-state index in [9.17, 15) is 9.59 Å². The van der Waals surface area contributed by atoms with E-state index < -0.39 is 0 Å². The maximum Gasteiger partial charge on any atom is 0.286 e. The molecule has 1 aliphatic rings. The average Bonchev–Trinajstić information content (AvgIpc) is 2.73. The van der Waals surface area contributed by atoms with Crippen LogP contribution in [0.4, 0.5) is 5.69 Å². The molecule has 0 atom stereocenters. The highest BCUT2D eigenvalue weighted by Gasteiger charge is 2.38. The number of Topliss-reactive ketones (excluding diaryl/α,β-unsaturated/α-hetero) is 2. The molecule has 0 saturated heterocycles. The molecule has 0 radical (unpaired) electrons. The summed E-state index contributed by atoms with van der Waals surface area (Å²) in [5.41, 5.74) is 4.53. The minimum Gasteiger partial charge on any atom is -1.00 e. The molecule has 2 aromatic carbocycles. The molecule has 146 valence electrons. The summed E-state index contributed by atoms with van der Waals surface area (Å²) in [5, 5.41) is 3.33. The Labute approximate surface area is 187 Å². The predicted molar refractivity (Wildman–Crippen MR) is 109 cm³/mol. The third-order valence-corrected chi connectivity index (χ3v) is 5.06. The summed E-state index contributed by atoms with van der Waals surface area (Å²) in [5.74, 6) is -0.340. The van der Waals surface area contributed by atoms with Crippen molar-refractivity contribution >= 4 is 23.0 Å². The summed E-state index contributed by atoms with van der Waals surface area (Å²) in [4.78, 5) is 26.7. The van der Waals surface area contributed by atoms with E-state index in [1.54, 1.807) is 41.2 Å². The molecule has 1 aliphatic carbocycles. The third-order valence-electron chi connectivity index (χ3n) is 5.06. The predicted octanol–water partition coefficient (Wildman–Crippen LogP) is 1.21. The molecule has 3 aromatic rings. The number of allylic oxidation sites excluding steroid dienone is 2. The largest absolute Gasteiger partial charge is 1.00 e. The maximum atomic E-state index is 13.4. The summed E-state index contributed by atoms with van der Waals surface area (Å²) in [6.45, 7) is 4.07. The van der Waals surface area contributed by atoms with Gasteiger partial charge in [-0.3, -0.25) is 9.59 Å². The zero-order valence-electron chi connectivity index (χ0n) is 16.3. The molecule has 0 fully saturated rings. The van der Waals surface area contributed by atoms with Gasteiger partial charge in [0.15, 0.2) is 18.1 Å². The lowest BCUT2D eigenvalue weighted by molar-refractivity contribution is -0.577. The second-order valence-corrected chi connectivity index (χ2v) is 6.80. The van der Waals surface area contributed by atoms with Gasteiger partial charge >= 0.3 is 0 Å². The van der Waals surface area contributed by atoms with Gasteiger partial charge in [0.25, 0.3) is 11.5 Å². The molecule has 0 amide bonds. The Kier molecular flexibility index (Phi) is 6.27. The molecule has 0 spiro atoms. The number of rotatable bonds is 4. The Balaban J connectivity index is 0.00000240. The molecule has 1 aromatic heterocycles. The van der Waals surface area contributed by atoms with Crippen molar-refractivity contribution in [1.82, 2.24) is 0 Å². The molecule has 0 bridgehead atoms. The van der Waals surface area contributed by atoms with Crippen LogP contribution in [0.5, 0.6) is 0 Å². The van der Waals surface area contributed by atoms with E-state index in [2.05, 4.69) is 12.2 Å². The van der Waals surface area contributed by atoms with Crippen molar-refractivity contribution in [3.05, 3.63) is 101 Å². The van der Waals surface area contributed by atoms with Crippen molar-refractivity contribution in [3.8, 4) is 0 Å². The van der Waals surface area contributed by atoms with Gasteiger partial charge in [-0.05, 0) is 24.5 Å². The van der Waals surface area contributed by atoms with Crippen LogP contribution in [0.25, 0.3) is 5.70 Å². The summed E-state index contributed by atoms with van der Waals surface area (Å²) in [6, 6.07) is 18.6. The number of nitrogens with zero attached hydrogens (tertiary/aromatic N) is 1. The first-order chi connectivity index (χ1) is 13.6. The van der Waals surface area contributed by atoms with Gasteiger partial charge in [0.1, 0.15) is 0 Å². The molecule has 5 heteroatoms. The van der Waals surface area contributed by atoms with Crippen LogP contribution >= 0.6 is 0 Å². The van der Waals surface area contributed by atoms with E-state index in [4.69, 9.17) is 0 Å². The van der Waals surface area contributed by atoms with Crippen molar-refractivity contribution in [1.29, 1.82) is 0 Å². The van der Waals surface area contributed by atoms with Crippen LogP contribution in [0, 0.1) is 6.92 Å². The van der Waals surface area contributed by atoms with Crippen molar-refractivity contribution < 1.29 is 38.1 Å². The lowest BCUT2D eigenvalue weighted by atomic mass is 9.89. The number of aryl methyl sites for hydroxylation is 2. The van der Waals surface area contributed by atoms with Gasteiger partial charge in [-0.25, -0.2) is 0 Å². The quantitative estimate of drug-likeness (QED) is 0.437. The number of halogens is 1. The van der Waals surface area contributed by atoms with Gasteiger partial charge in [0, 0.05) is 28.9 Å². The fourth-order valence-electron chi connectivity index (χ4n) is 3.60. The van der Waals surface area contributed by atoms with Crippen LogP contribution in [0.3, 0.4) is 0 Å². The number of benzene rings is 2. The molecule has 0 unspecified atom stereocenters. The number of ketones is 2. The van der Waals surface area contributed by atoms with Gasteiger partial charge in [0.05, 0.1) is 0 Å². The Morgan fingerprint density at radius 1 is 0.828 bits per heavy atom. The van der Waals surface area contributed by atoms with Gasteiger partial charge in [-0.2, -0.15) is 4.57 Å². The van der Waals surface area contributed by atoms with Crippen molar-refractivity contribution in [2.75, 3.05) is 5.32 Å². The van der Waals surface area contributed by atoms with E-state index in [0.29, 0.717) is 22.5 Å². The number of fused-ring (bicyclic) bond motifs is 1. The van der Waals surface area contributed by atoms with Crippen molar-refractivity contribution in [2.45, 2.75) is 20.3 Å². The van der Waals surface area contributed by atoms with Crippen LogP contribution in [0.1, 0.15) is 38.8 Å². The number of nitrogens with one attached hydrogen (secondary N) is 1. The second-order valence-electron chi connectivity index (χ2n) is 6.80. The Bertz CT molecular complexity index is 1120. The summed E-state index contributed by atoms with van der Waals surface area (Å²) in [6.07, 6.45) is 4.40. The normalized spacial score (nSPS) is 13.0. The lowest BCUT2D eigenvalue weighted by Crippen LogP contribution is -3.00. The number of aromatic nitrogens is 1. The number of pyridine rings is 1. The highest BCUT2D eigenvalue weighted by molar-refractivity contribution is 6.36. The van der Waals surface area contributed by atoms with E-state index in [1.807, 2.05) is 43.3 Å². The molecule has 0 aliphatic heterocycles. The van der Waals surface area contributed by atoms with Crippen molar-refractivity contribution in [3.63, 3.8) is 0 Å². The van der Waals surface area contributed by atoms with E-state index >= 15 is 0 Å². The van der Waals surface area contributed by atoms with Crippen LogP contribution in [-0.4, -0.2) is 11.6 Å². The monoisotopic (exact) mass is 496 g/mol. The Hall–Kier alpha value is -2.80. The number of anilines is 1. The topological polar surface area (TPSA) is 50.1 Å². The first kappa shape index (κ1) is 20.9. The van der Waals surface area contributed by atoms with Crippen LogP contribution in [-0.2, 0) is 6.42 Å². The molecule has 1 N–H and O–H groups in total. The zero-order valence-corrected chi connectivity index (χ0v) is 18.4. The number of carbonyl (C=O) groups is 2. The first-order valence-electron chi connectivity index (χ1n) is 9.36. The third kappa shape index (κ3) is 3.74. The minimum atomic E-state index is -0.174. The molecular weight excluding hydrogens is 475 g/mol. The zero-order chi connectivity index (χ0) is 19.7. The fourth-order valence-corrected chi connectivity index (χ4v) is 3.60. The number of hydrogen-bond acceptors (Lipinski definition) is 3. The first-order valence-corrected chi connectivity index (χ1v) is 9.36. The average molecular weight is 496 g/mol. The number of para-hydroxylation sites is 1. The van der Waals surface area contributed by atoms with Gasteiger partial charge in [-0.15, -0.1) is 0 Å². The summed E-state index contributed by atoms with van der Waals surface area (Å²) >= 11 is 0. The fraction of sp³-hybridized carbons (Fsp3) is 0.125. The Morgan fingerprint density at radius 2 is 1.48 bits per heavy atom. The van der Waals surface area contributed by atoms with Crippen LogP contribution in [0.2, 0.25) is 0 Å². The molecule has 1 heterocycles. The smallest absolute Gasteiger partial charge is 0.286 e. The standard InChI is InChI=1S/C24H20N2O2.HI/c1-3-17-11-9-10-16(2)20(17)25-21-22(26-14-7-4-8-15-26)24(28)19-13-6-5-12-18(19)23(21)27;/h4-15H,3H2,1-2H3;1H. The van der Waals surface area contributed by atoms with Gasteiger partial charge in [0.2, 0.25) is 5.78 Å². The molecule has 4 nitrogen and oxygen atoms in total. The van der Waals surface area contributed by atoms with E-state index in [1.165, 1.54) is 0 Å². The number of carbonyl (C=O) groups excluding carboxylic acids is 2. The van der Waals surface area contributed by atoms with E-state index in [0.717, 1.165) is 23.2 Å². The summed E-state index contributed by atoms with van der Waals surface area (Å²) < 4.78 is 1.71. The number of hydrogen-bond donors (Lipinski definition) is 1. The molecular formula is C24H21IN2O2. The molecule has 4 rings (SSSR count). The minimum absolute atomic E-state index is 0. The van der Waals surface area contributed by atoms with Crippen molar-refractivity contribution in [2.24, 2.45) is 0 Å². The van der Waals surface area contributed by atoms with Gasteiger partial charge in [-0.1, -0.05) is 55.5 Å². The molecule has 29 heavy (non-hydrogen) atoms. The van der Waals surface area contributed by atoms with Crippen LogP contribution in [0.15, 0.2) is 78.8 Å². The molecule has 0 saturated carbocycles. The highest BCUT2D eigenvalue weighted by atomic mass is 127. The SMILES string of the molecule is CCc1cccc(C)c1NC1=C([n+]2ccccc2)C(=O)c2ccccc2C1=O.[I-]. The van der Waals surface area contributed by atoms with Gasteiger partial charge < -0.3 is 29.3 Å². The lowest BCUT2D eigenvalue weighted by Gasteiger charge is -2.20. The second kappa shape index (κ2) is 8.69.